The van der Waals surface area contributed by atoms with Crippen LogP contribution in [-0.4, -0.2) is 23.1 Å². The number of non-ortho nitro benzene ring substituents is 1. The van der Waals surface area contributed by atoms with Gasteiger partial charge in [-0.3, -0.25) is 10.1 Å². The van der Waals surface area contributed by atoms with Crippen molar-refractivity contribution in [2.75, 3.05) is 13.1 Å². The van der Waals surface area contributed by atoms with Crippen LogP contribution in [0.5, 0.6) is 0 Å². The highest BCUT2D eigenvalue weighted by Gasteiger charge is 2.39. The number of nitro benzene ring substituents is 1. The Balaban J connectivity index is 1.82. The molecule has 0 bridgehead atoms. The van der Waals surface area contributed by atoms with Crippen LogP contribution in [0.15, 0.2) is 24.3 Å². The van der Waals surface area contributed by atoms with E-state index in [-0.39, 0.29) is 5.69 Å². The first-order valence-electron chi connectivity index (χ1n) is 6.69. The van der Waals surface area contributed by atoms with Gasteiger partial charge in [-0.25, -0.2) is 0 Å². The molecule has 1 atom stereocenters. The molecule has 2 N–H and O–H groups in total. The van der Waals surface area contributed by atoms with Gasteiger partial charge in [0, 0.05) is 25.2 Å². The number of nitro groups is 1. The molecule has 1 unspecified atom stereocenters. The third-order valence-corrected chi connectivity index (χ3v) is 4.03. The molecule has 5 heteroatoms. The molecule has 104 valence electrons. The zero-order chi connectivity index (χ0) is 13.9. The number of hydrogen-bond donors (Lipinski definition) is 2. The molecule has 0 spiro atoms. The highest BCUT2D eigenvalue weighted by molar-refractivity contribution is 5.33. The molecule has 0 aromatic heterocycles. The third-order valence-electron chi connectivity index (χ3n) is 4.03. The van der Waals surface area contributed by atoms with E-state index in [1.807, 2.05) is 0 Å². The van der Waals surface area contributed by atoms with Gasteiger partial charge in [0.05, 0.1) is 11.0 Å². The lowest BCUT2D eigenvalue weighted by Gasteiger charge is -2.16. The predicted molar refractivity (Wildman–Crippen MR) is 72.9 cm³/mol. The Kier molecular flexibility index (Phi) is 4.17. The summed E-state index contributed by atoms with van der Waals surface area (Å²) in [4.78, 5) is 10.1. The maximum atomic E-state index is 10.5. The summed E-state index contributed by atoms with van der Waals surface area (Å²) < 4.78 is 0. The summed E-state index contributed by atoms with van der Waals surface area (Å²) in [5, 5.41) is 23.8. The molecule has 0 amide bonds. The Hall–Kier alpha value is -1.46. The predicted octanol–water partition coefficient (Wildman–Crippen LogP) is 2.41. The minimum Gasteiger partial charge on any atom is -0.387 e. The molecule has 0 saturated heterocycles. The number of nitrogens with zero attached hydrogens (tertiary/aromatic N) is 1. The van der Waals surface area contributed by atoms with E-state index >= 15 is 0 Å². The number of benzene rings is 1. The van der Waals surface area contributed by atoms with Gasteiger partial charge in [-0.2, -0.15) is 0 Å². The summed E-state index contributed by atoms with van der Waals surface area (Å²) in [6.45, 7) is 3.62. The summed E-state index contributed by atoms with van der Waals surface area (Å²) in [5.41, 5.74) is 1.21. The molecule has 1 aromatic carbocycles. The Morgan fingerprint density at radius 2 is 2.05 bits per heavy atom. The lowest BCUT2D eigenvalue weighted by molar-refractivity contribution is -0.384. The fourth-order valence-electron chi connectivity index (χ4n) is 2.24. The normalized spacial score (nSPS) is 18.0. The largest absolute Gasteiger partial charge is 0.387 e. The first-order chi connectivity index (χ1) is 9.06. The maximum Gasteiger partial charge on any atom is 0.269 e. The SMILES string of the molecule is CCC1(CNCC(O)c2ccc([N+](=O)[O-])cc2)CC1. The van der Waals surface area contributed by atoms with Gasteiger partial charge in [0.2, 0.25) is 0 Å². The second-order valence-electron chi connectivity index (χ2n) is 5.35. The average Bonchev–Trinajstić information content (AvgIpc) is 3.19. The van der Waals surface area contributed by atoms with Crippen molar-refractivity contribution in [3.05, 3.63) is 39.9 Å². The summed E-state index contributed by atoms with van der Waals surface area (Å²) in [5.74, 6) is 0. The lowest BCUT2D eigenvalue weighted by Crippen LogP contribution is -2.28. The Labute approximate surface area is 112 Å². The Bertz CT molecular complexity index is 441. The molecule has 0 heterocycles. The van der Waals surface area contributed by atoms with Crippen molar-refractivity contribution < 1.29 is 10.0 Å². The molecule has 1 fully saturated rings. The topological polar surface area (TPSA) is 75.4 Å². The van der Waals surface area contributed by atoms with Gasteiger partial charge in [-0.15, -0.1) is 0 Å². The highest BCUT2D eigenvalue weighted by Crippen LogP contribution is 2.47. The third kappa shape index (κ3) is 3.52. The molecular weight excluding hydrogens is 244 g/mol. The molecule has 1 aliphatic rings. The molecule has 1 aliphatic carbocycles. The van der Waals surface area contributed by atoms with Crippen molar-refractivity contribution in [2.24, 2.45) is 5.41 Å². The Morgan fingerprint density at radius 3 is 2.53 bits per heavy atom. The molecule has 5 nitrogen and oxygen atoms in total. The molecule has 19 heavy (non-hydrogen) atoms. The smallest absolute Gasteiger partial charge is 0.269 e. The number of rotatable bonds is 7. The van der Waals surface area contributed by atoms with Crippen LogP contribution in [0.25, 0.3) is 0 Å². The Morgan fingerprint density at radius 1 is 1.42 bits per heavy atom. The van der Waals surface area contributed by atoms with Crippen LogP contribution < -0.4 is 5.32 Å². The van der Waals surface area contributed by atoms with Crippen LogP contribution >= 0.6 is 0 Å². The number of aliphatic hydroxyl groups excluding tert-OH is 1. The fourth-order valence-corrected chi connectivity index (χ4v) is 2.24. The van der Waals surface area contributed by atoms with E-state index in [0.717, 1.165) is 6.54 Å². The van der Waals surface area contributed by atoms with Crippen molar-refractivity contribution in [1.29, 1.82) is 0 Å². The van der Waals surface area contributed by atoms with E-state index < -0.39 is 11.0 Å². The molecule has 1 saturated carbocycles. The molecule has 0 radical (unpaired) electrons. The summed E-state index contributed by atoms with van der Waals surface area (Å²) in [6, 6.07) is 6.06. The second kappa shape index (κ2) is 5.67. The van der Waals surface area contributed by atoms with E-state index in [9.17, 15) is 15.2 Å². The van der Waals surface area contributed by atoms with Crippen LogP contribution in [-0.2, 0) is 0 Å². The summed E-state index contributed by atoms with van der Waals surface area (Å²) in [6.07, 6.45) is 3.09. The van der Waals surface area contributed by atoms with Crippen molar-refractivity contribution >= 4 is 5.69 Å². The second-order valence-corrected chi connectivity index (χ2v) is 5.35. The van der Waals surface area contributed by atoms with Crippen LogP contribution in [0, 0.1) is 15.5 Å². The quantitative estimate of drug-likeness (QED) is 0.585. The lowest BCUT2D eigenvalue weighted by atomic mass is 10.0. The first kappa shape index (κ1) is 14.0. The van der Waals surface area contributed by atoms with Crippen LogP contribution in [0.2, 0.25) is 0 Å². The maximum absolute atomic E-state index is 10.5. The van der Waals surface area contributed by atoms with E-state index in [0.29, 0.717) is 17.5 Å². The number of aliphatic hydroxyl groups is 1. The van der Waals surface area contributed by atoms with E-state index in [1.54, 1.807) is 12.1 Å². The van der Waals surface area contributed by atoms with E-state index in [4.69, 9.17) is 0 Å². The van der Waals surface area contributed by atoms with Gasteiger partial charge in [0.15, 0.2) is 0 Å². The van der Waals surface area contributed by atoms with Gasteiger partial charge >= 0.3 is 0 Å². The standard InChI is InChI=1S/C14H20N2O3/c1-2-14(7-8-14)10-15-9-13(17)11-3-5-12(6-4-11)16(18)19/h3-6,13,15,17H,2,7-10H2,1H3. The molecule has 2 rings (SSSR count). The monoisotopic (exact) mass is 264 g/mol. The average molecular weight is 264 g/mol. The van der Waals surface area contributed by atoms with Gasteiger partial charge in [-0.05, 0) is 42.4 Å². The van der Waals surface area contributed by atoms with Crippen molar-refractivity contribution in [3.63, 3.8) is 0 Å². The minimum absolute atomic E-state index is 0.0480. The molecule has 1 aromatic rings. The van der Waals surface area contributed by atoms with Crippen molar-refractivity contribution in [1.82, 2.24) is 5.32 Å². The van der Waals surface area contributed by atoms with Crippen LogP contribution in [0.1, 0.15) is 37.9 Å². The van der Waals surface area contributed by atoms with Gasteiger partial charge in [0.25, 0.3) is 5.69 Å². The van der Waals surface area contributed by atoms with Crippen molar-refractivity contribution in [2.45, 2.75) is 32.3 Å². The summed E-state index contributed by atoms with van der Waals surface area (Å²) >= 11 is 0. The van der Waals surface area contributed by atoms with E-state index in [2.05, 4.69) is 12.2 Å². The highest BCUT2D eigenvalue weighted by atomic mass is 16.6. The zero-order valence-corrected chi connectivity index (χ0v) is 11.1. The first-order valence-corrected chi connectivity index (χ1v) is 6.69. The minimum atomic E-state index is -0.617. The van der Waals surface area contributed by atoms with Gasteiger partial charge in [-0.1, -0.05) is 6.92 Å². The summed E-state index contributed by atoms with van der Waals surface area (Å²) in [7, 11) is 0. The van der Waals surface area contributed by atoms with Crippen LogP contribution in [0.4, 0.5) is 5.69 Å². The number of hydrogen-bond acceptors (Lipinski definition) is 4. The fraction of sp³-hybridized carbons (Fsp3) is 0.571. The van der Waals surface area contributed by atoms with Gasteiger partial charge in [0.1, 0.15) is 0 Å². The zero-order valence-electron chi connectivity index (χ0n) is 11.1. The van der Waals surface area contributed by atoms with Gasteiger partial charge < -0.3 is 10.4 Å². The van der Waals surface area contributed by atoms with Crippen LogP contribution in [0.3, 0.4) is 0 Å². The van der Waals surface area contributed by atoms with Crippen molar-refractivity contribution in [3.8, 4) is 0 Å². The molecular formula is C14H20N2O3. The van der Waals surface area contributed by atoms with E-state index in [1.165, 1.54) is 31.4 Å². The molecule has 0 aliphatic heterocycles. The number of nitrogens with one attached hydrogen (secondary N) is 1.